The zero-order valence-corrected chi connectivity index (χ0v) is 12.3. The number of hydrogen-bond donors (Lipinski definition) is 2. The van der Waals surface area contributed by atoms with Gasteiger partial charge < -0.3 is 15.0 Å². The molecule has 2 heterocycles. The molecule has 1 aromatic heterocycles. The van der Waals surface area contributed by atoms with E-state index in [1.54, 1.807) is 36.4 Å². The fourth-order valence-corrected chi connectivity index (χ4v) is 3.57. The summed E-state index contributed by atoms with van der Waals surface area (Å²) in [5, 5.41) is 13.0. The zero-order valence-electron chi connectivity index (χ0n) is 11.5. The van der Waals surface area contributed by atoms with Crippen LogP contribution >= 0.6 is 11.8 Å². The zero-order chi connectivity index (χ0) is 14.7. The second-order valence-corrected chi connectivity index (χ2v) is 6.33. The van der Waals surface area contributed by atoms with E-state index in [9.17, 15) is 9.90 Å². The molecule has 1 unspecified atom stereocenters. The molecule has 1 saturated heterocycles. The van der Waals surface area contributed by atoms with Crippen LogP contribution in [-0.4, -0.2) is 44.2 Å². The lowest BCUT2D eigenvalue weighted by molar-refractivity contribution is 0.0612. The summed E-state index contributed by atoms with van der Waals surface area (Å²) < 4.78 is 1.88. The van der Waals surface area contributed by atoms with E-state index in [4.69, 9.17) is 0 Å². The van der Waals surface area contributed by atoms with E-state index in [2.05, 4.69) is 10.3 Å². The van der Waals surface area contributed by atoms with Crippen molar-refractivity contribution in [3.8, 4) is 5.69 Å². The fraction of sp³-hybridized carbons (Fsp3) is 0.333. The highest BCUT2D eigenvalue weighted by molar-refractivity contribution is 7.99. The van der Waals surface area contributed by atoms with Gasteiger partial charge in [0.25, 0.3) is 5.91 Å². The van der Waals surface area contributed by atoms with Gasteiger partial charge in [0.05, 0.1) is 11.9 Å². The van der Waals surface area contributed by atoms with Crippen molar-refractivity contribution in [2.75, 3.05) is 18.1 Å². The maximum absolute atomic E-state index is 12.1. The highest BCUT2D eigenvalue weighted by Crippen LogP contribution is 2.27. The maximum Gasteiger partial charge on any atom is 0.251 e. The van der Waals surface area contributed by atoms with Crippen LogP contribution in [0.5, 0.6) is 0 Å². The molecule has 5 nitrogen and oxygen atoms in total. The van der Waals surface area contributed by atoms with Gasteiger partial charge in [-0.15, -0.1) is 0 Å². The summed E-state index contributed by atoms with van der Waals surface area (Å²) in [5.41, 5.74) is 0.792. The second kappa shape index (κ2) is 5.91. The van der Waals surface area contributed by atoms with Gasteiger partial charge >= 0.3 is 0 Å². The van der Waals surface area contributed by atoms with E-state index in [0.29, 0.717) is 17.9 Å². The fourth-order valence-electron chi connectivity index (χ4n) is 2.28. The Morgan fingerprint density at radius 3 is 2.86 bits per heavy atom. The van der Waals surface area contributed by atoms with Crippen molar-refractivity contribution >= 4 is 17.7 Å². The first-order valence-corrected chi connectivity index (χ1v) is 7.99. The summed E-state index contributed by atoms with van der Waals surface area (Å²) in [6, 6.07) is 7.30. The third kappa shape index (κ3) is 3.28. The molecular formula is C15H17N3O2S. The Kier molecular flexibility index (Phi) is 3.98. The number of benzene rings is 1. The van der Waals surface area contributed by atoms with Gasteiger partial charge in [-0.25, -0.2) is 4.98 Å². The van der Waals surface area contributed by atoms with Crippen molar-refractivity contribution < 1.29 is 9.90 Å². The molecule has 2 N–H and O–H groups in total. The van der Waals surface area contributed by atoms with Crippen molar-refractivity contribution in [2.45, 2.75) is 12.0 Å². The summed E-state index contributed by atoms with van der Waals surface area (Å²) in [7, 11) is 0. The molecule has 2 aromatic rings. The number of imidazole rings is 1. The lowest BCUT2D eigenvalue weighted by atomic mass is 10.0. The molecule has 6 heteroatoms. The molecule has 3 rings (SSSR count). The van der Waals surface area contributed by atoms with Crippen LogP contribution in [0, 0.1) is 0 Å². The molecule has 0 bridgehead atoms. The Morgan fingerprint density at radius 1 is 1.43 bits per heavy atom. The Hall–Kier alpha value is -1.79. The van der Waals surface area contributed by atoms with Gasteiger partial charge in [0.1, 0.15) is 0 Å². The van der Waals surface area contributed by atoms with E-state index in [1.807, 2.05) is 22.9 Å². The van der Waals surface area contributed by atoms with Crippen LogP contribution in [0.3, 0.4) is 0 Å². The Bertz CT molecular complexity index is 604. The third-order valence-corrected chi connectivity index (χ3v) is 4.83. The molecule has 1 fully saturated rings. The minimum Gasteiger partial charge on any atom is -0.387 e. The number of aromatic nitrogens is 2. The minimum absolute atomic E-state index is 0.155. The number of amides is 1. The molecule has 1 atom stereocenters. The molecule has 1 amide bonds. The van der Waals surface area contributed by atoms with Crippen molar-refractivity contribution in [1.29, 1.82) is 0 Å². The van der Waals surface area contributed by atoms with Crippen LogP contribution < -0.4 is 5.32 Å². The predicted octanol–water partition coefficient (Wildman–Crippen LogP) is 1.47. The van der Waals surface area contributed by atoms with E-state index in [1.165, 1.54) is 0 Å². The molecule has 1 aliphatic heterocycles. The Morgan fingerprint density at radius 2 is 2.24 bits per heavy atom. The van der Waals surface area contributed by atoms with Crippen LogP contribution in [0.15, 0.2) is 43.0 Å². The van der Waals surface area contributed by atoms with Gasteiger partial charge in [0.2, 0.25) is 0 Å². The summed E-state index contributed by atoms with van der Waals surface area (Å²) in [6.07, 6.45) is 6.00. The number of hydrogen-bond acceptors (Lipinski definition) is 4. The maximum atomic E-state index is 12.1. The van der Waals surface area contributed by atoms with Gasteiger partial charge in [0.15, 0.2) is 0 Å². The average Bonchev–Trinajstić information content (AvgIpc) is 3.17. The largest absolute Gasteiger partial charge is 0.387 e. The number of thioether (sulfide) groups is 1. The highest BCUT2D eigenvalue weighted by atomic mass is 32.2. The van der Waals surface area contributed by atoms with Crippen molar-refractivity contribution in [2.24, 2.45) is 0 Å². The molecular weight excluding hydrogens is 286 g/mol. The van der Waals surface area contributed by atoms with Crippen LogP contribution in [-0.2, 0) is 0 Å². The Balaban J connectivity index is 1.62. The van der Waals surface area contributed by atoms with E-state index >= 15 is 0 Å². The number of carbonyl (C=O) groups excluding carboxylic acids is 1. The predicted molar refractivity (Wildman–Crippen MR) is 82.8 cm³/mol. The van der Waals surface area contributed by atoms with Crippen molar-refractivity contribution in [1.82, 2.24) is 14.9 Å². The van der Waals surface area contributed by atoms with Crippen molar-refractivity contribution in [3.05, 3.63) is 48.5 Å². The molecule has 110 valence electrons. The minimum atomic E-state index is -0.753. The van der Waals surface area contributed by atoms with E-state index < -0.39 is 5.60 Å². The summed E-state index contributed by atoms with van der Waals surface area (Å²) >= 11 is 1.72. The SMILES string of the molecule is O=C(NCC1(O)CCSC1)c1ccc(-n2ccnc2)cc1. The van der Waals surface area contributed by atoms with E-state index in [0.717, 1.165) is 17.9 Å². The molecule has 0 radical (unpaired) electrons. The molecule has 0 aliphatic carbocycles. The van der Waals surface area contributed by atoms with Gasteiger partial charge in [-0.3, -0.25) is 4.79 Å². The lowest BCUT2D eigenvalue weighted by Crippen LogP contribution is -2.42. The smallest absolute Gasteiger partial charge is 0.251 e. The van der Waals surface area contributed by atoms with Gasteiger partial charge in [-0.05, 0) is 36.4 Å². The highest BCUT2D eigenvalue weighted by Gasteiger charge is 2.31. The molecule has 1 aromatic carbocycles. The van der Waals surface area contributed by atoms with E-state index in [-0.39, 0.29) is 5.91 Å². The first-order chi connectivity index (χ1) is 10.2. The first kappa shape index (κ1) is 14.2. The van der Waals surface area contributed by atoms with Crippen LogP contribution in [0.1, 0.15) is 16.8 Å². The van der Waals surface area contributed by atoms with Gasteiger partial charge in [0, 0.05) is 35.9 Å². The average molecular weight is 303 g/mol. The normalized spacial score (nSPS) is 21.4. The van der Waals surface area contributed by atoms with Crippen LogP contribution in [0.25, 0.3) is 5.69 Å². The monoisotopic (exact) mass is 303 g/mol. The molecule has 1 aliphatic rings. The van der Waals surface area contributed by atoms with Crippen molar-refractivity contribution in [3.63, 3.8) is 0 Å². The molecule has 0 saturated carbocycles. The quantitative estimate of drug-likeness (QED) is 0.897. The summed E-state index contributed by atoms with van der Waals surface area (Å²) in [5.74, 6) is 1.48. The van der Waals surface area contributed by atoms with Crippen LogP contribution in [0.2, 0.25) is 0 Å². The first-order valence-electron chi connectivity index (χ1n) is 6.83. The Labute approximate surface area is 127 Å². The number of carbonyl (C=O) groups is 1. The standard InChI is InChI=1S/C15H17N3O2S/c19-14(17-9-15(20)5-8-21-10-15)12-1-3-13(4-2-12)18-7-6-16-11-18/h1-4,6-7,11,20H,5,8-10H2,(H,17,19). The third-order valence-electron chi connectivity index (χ3n) is 3.59. The topological polar surface area (TPSA) is 67.2 Å². The summed E-state index contributed by atoms with van der Waals surface area (Å²) in [4.78, 5) is 16.1. The van der Waals surface area contributed by atoms with Gasteiger partial charge in [-0.1, -0.05) is 0 Å². The number of nitrogens with zero attached hydrogens (tertiary/aromatic N) is 2. The number of rotatable bonds is 4. The second-order valence-electron chi connectivity index (χ2n) is 5.23. The number of aliphatic hydroxyl groups is 1. The molecule has 21 heavy (non-hydrogen) atoms. The van der Waals surface area contributed by atoms with Gasteiger partial charge in [-0.2, -0.15) is 11.8 Å². The molecule has 0 spiro atoms. The lowest BCUT2D eigenvalue weighted by Gasteiger charge is -2.21. The summed E-state index contributed by atoms with van der Waals surface area (Å²) in [6.45, 7) is 0.308. The van der Waals surface area contributed by atoms with Crippen LogP contribution in [0.4, 0.5) is 0 Å². The number of nitrogens with one attached hydrogen (secondary N) is 1.